The molecule has 3 rings (SSSR count). The summed E-state index contributed by atoms with van der Waals surface area (Å²) in [4.78, 5) is 19.7. The maximum Gasteiger partial charge on any atom is 0.255 e. The van der Waals surface area contributed by atoms with Gasteiger partial charge < -0.3 is 4.98 Å². The van der Waals surface area contributed by atoms with Gasteiger partial charge >= 0.3 is 0 Å². The van der Waals surface area contributed by atoms with Crippen LogP contribution in [0.4, 0.5) is 0 Å². The van der Waals surface area contributed by atoms with E-state index in [1.165, 1.54) is 0 Å². The van der Waals surface area contributed by atoms with Crippen LogP contribution >= 0.6 is 11.8 Å². The van der Waals surface area contributed by atoms with E-state index in [0.29, 0.717) is 5.82 Å². The van der Waals surface area contributed by atoms with Crippen LogP contribution in [0.25, 0.3) is 11.4 Å². The second-order valence-electron chi connectivity index (χ2n) is 6.15. The number of thioether (sulfide) groups is 1. The molecule has 0 spiro atoms. The molecule has 3 heterocycles. The monoisotopic (exact) mass is 290 g/mol. The summed E-state index contributed by atoms with van der Waals surface area (Å²) in [6, 6.07) is 0. The van der Waals surface area contributed by atoms with E-state index >= 15 is 0 Å². The highest BCUT2D eigenvalue weighted by atomic mass is 32.2. The molecule has 0 saturated heterocycles. The molecule has 2 aromatic heterocycles. The third-order valence-corrected chi connectivity index (χ3v) is 4.35. The molecule has 106 valence electrons. The van der Waals surface area contributed by atoms with E-state index in [1.54, 1.807) is 16.4 Å². The van der Waals surface area contributed by atoms with Crippen LogP contribution < -0.4 is 5.56 Å². The molecule has 0 radical (unpaired) electrons. The van der Waals surface area contributed by atoms with Crippen LogP contribution in [0, 0.1) is 0 Å². The smallest absolute Gasteiger partial charge is 0.255 e. The molecular weight excluding hydrogens is 272 g/mol. The van der Waals surface area contributed by atoms with E-state index in [9.17, 15) is 4.79 Å². The van der Waals surface area contributed by atoms with Crippen molar-refractivity contribution in [3.05, 3.63) is 33.5 Å². The number of hydrogen-bond donors (Lipinski definition) is 1. The Bertz CT molecular complexity index is 724. The molecule has 0 atom stereocenters. The standard InChI is InChI=1S/C14H18N4OS/c1-14(2,3)11-8(5-18(4)17-11)12-15-10-7-20-6-9(10)13(19)16-12/h5H,6-7H2,1-4H3,(H,15,16,19). The highest BCUT2D eigenvalue weighted by molar-refractivity contribution is 7.98. The molecule has 0 fully saturated rings. The number of nitrogens with zero attached hydrogens (tertiary/aromatic N) is 3. The molecule has 0 aromatic carbocycles. The predicted octanol–water partition coefficient (Wildman–Crippen LogP) is 2.21. The number of hydrogen-bond acceptors (Lipinski definition) is 4. The van der Waals surface area contributed by atoms with Crippen molar-refractivity contribution >= 4 is 11.8 Å². The average molecular weight is 290 g/mol. The van der Waals surface area contributed by atoms with Crippen LogP contribution in [-0.4, -0.2) is 19.7 Å². The molecule has 5 nitrogen and oxygen atoms in total. The first-order valence-corrected chi connectivity index (χ1v) is 7.76. The molecule has 1 N–H and O–H groups in total. The van der Waals surface area contributed by atoms with Crippen LogP contribution in [0.3, 0.4) is 0 Å². The van der Waals surface area contributed by atoms with Crippen LogP contribution in [0.2, 0.25) is 0 Å². The van der Waals surface area contributed by atoms with E-state index in [0.717, 1.165) is 34.0 Å². The molecule has 6 heteroatoms. The van der Waals surface area contributed by atoms with Crippen LogP contribution in [0.5, 0.6) is 0 Å². The third-order valence-electron chi connectivity index (χ3n) is 3.38. The van der Waals surface area contributed by atoms with Crippen molar-refractivity contribution in [2.24, 2.45) is 7.05 Å². The lowest BCUT2D eigenvalue weighted by molar-refractivity contribution is 0.554. The van der Waals surface area contributed by atoms with Gasteiger partial charge in [0.15, 0.2) is 0 Å². The van der Waals surface area contributed by atoms with Gasteiger partial charge in [0.2, 0.25) is 0 Å². The Balaban J connectivity index is 2.20. The van der Waals surface area contributed by atoms with Crippen molar-refractivity contribution in [1.82, 2.24) is 19.7 Å². The lowest BCUT2D eigenvalue weighted by Gasteiger charge is -2.17. The first-order valence-electron chi connectivity index (χ1n) is 6.60. The largest absolute Gasteiger partial charge is 0.306 e. The van der Waals surface area contributed by atoms with Gasteiger partial charge in [-0.05, 0) is 0 Å². The zero-order valence-electron chi connectivity index (χ0n) is 12.1. The summed E-state index contributed by atoms with van der Waals surface area (Å²) in [6.45, 7) is 6.33. The fraction of sp³-hybridized carbons (Fsp3) is 0.500. The summed E-state index contributed by atoms with van der Waals surface area (Å²) in [5, 5.41) is 4.53. The van der Waals surface area contributed by atoms with Gasteiger partial charge in [0.25, 0.3) is 5.56 Å². The minimum absolute atomic E-state index is 0.0151. The number of rotatable bonds is 1. The van der Waals surface area contributed by atoms with E-state index in [-0.39, 0.29) is 11.0 Å². The second kappa shape index (κ2) is 4.48. The Kier molecular flexibility index (Phi) is 3.01. The van der Waals surface area contributed by atoms with Gasteiger partial charge in [-0.2, -0.15) is 16.9 Å². The number of H-pyrrole nitrogens is 1. The lowest BCUT2D eigenvalue weighted by Crippen LogP contribution is -2.18. The predicted molar refractivity (Wildman–Crippen MR) is 80.8 cm³/mol. The van der Waals surface area contributed by atoms with Gasteiger partial charge in [-0.3, -0.25) is 9.48 Å². The highest BCUT2D eigenvalue weighted by Gasteiger charge is 2.25. The second-order valence-corrected chi connectivity index (χ2v) is 7.13. The van der Waals surface area contributed by atoms with Crippen molar-refractivity contribution in [3.63, 3.8) is 0 Å². The Labute approximate surface area is 121 Å². The average Bonchev–Trinajstić information content (AvgIpc) is 2.94. The van der Waals surface area contributed by atoms with Gasteiger partial charge in [-0.1, -0.05) is 20.8 Å². The fourth-order valence-corrected chi connectivity index (χ4v) is 3.44. The Morgan fingerprint density at radius 1 is 1.35 bits per heavy atom. The molecule has 0 bridgehead atoms. The number of nitrogens with one attached hydrogen (secondary N) is 1. The molecule has 1 aliphatic rings. The van der Waals surface area contributed by atoms with Crippen LogP contribution in [0.15, 0.2) is 11.0 Å². The zero-order chi connectivity index (χ0) is 14.5. The Morgan fingerprint density at radius 2 is 2.10 bits per heavy atom. The molecule has 0 aliphatic carbocycles. The quantitative estimate of drug-likeness (QED) is 0.874. The first-order chi connectivity index (χ1) is 9.36. The minimum atomic E-state index is -0.0943. The van der Waals surface area contributed by atoms with Gasteiger partial charge in [-0.15, -0.1) is 0 Å². The summed E-state index contributed by atoms with van der Waals surface area (Å²) >= 11 is 1.73. The lowest BCUT2D eigenvalue weighted by atomic mass is 9.89. The van der Waals surface area contributed by atoms with E-state index < -0.39 is 0 Å². The fourth-order valence-electron chi connectivity index (χ4n) is 2.41. The maximum absolute atomic E-state index is 12.1. The first kappa shape index (κ1) is 13.4. The SMILES string of the molecule is Cn1cc(-c2nc3c(c(=O)[nH]2)CSC3)c(C(C)(C)C)n1. The van der Waals surface area contributed by atoms with Crippen molar-refractivity contribution in [2.75, 3.05) is 0 Å². The minimum Gasteiger partial charge on any atom is -0.306 e. The molecular formula is C14H18N4OS. The van der Waals surface area contributed by atoms with E-state index in [1.807, 2.05) is 13.2 Å². The molecule has 0 unspecified atom stereocenters. The third kappa shape index (κ3) is 2.18. The highest BCUT2D eigenvalue weighted by Crippen LogP contribution is 2.31. The van der Waals surface area contributed by atoms with Gasteiger partial charge in [0.1, 0.15) is 5.82 Å². The van der Waals surface area contributed by atoms with Gasteiger partial charge in [-0.25, -0.2) is 4.98 Å². The number of aromatic amines is 1. The topological polar surface area (TPSA) is 63.6 Å². The summed E-state index contributed by atoms with van der Waals surface area (Å²) in [7, 11) is 1.89. The van der Waals surface area contributed by atoms with Gasteiger partial charge in [0, 0.05) is 35.7 Å². The zero-order valence-corrected chi connectivity index (χ0v) is 13.0. The molecule has 0 saturated carbocycles. The maximum atomic E-state index is 12.1. The number of fused-ring (bicyclic) bond motifs is 1. The summed E-state index contributed by atoms with van der Waals surface area (Å²) < 4.78 is 1.78. The molecule has 2 aromatic rings. The number of aromatic nitrogens is 4. The van der Waals surface area contributed by atoms with E-state index in [4.69, 9.17) is 0 Å². The van der Waals surface area contributed by atoms with Crippen molar-refractivity contribution in [1.29, 1.82) is 0 Å². The summed E-state index contributed by atoms with van der Waals surface area (Å²) in [5.74, 6) is 2.21. The van der Waals surface area contributed by atoms with Gasteiger partial charge in [0.05, 0.1) is 17.0 Å². The van der Waals surface area contributed by atoms with Crippen molar-refractivity contribution in [2.45, 2.75) is 37.7 Å². The normalized spacial score (nSPS) is 14.6. The molecule has 20 heavy (non-hydrogen) atoms. The Hall–Kier alpha value is -1.56. The van der Waals surface area contributed by atoms with E-state index in [2.05, 4.69) is 35.8 Å². The van der Waals surface area contributed by atoms with Crippen LogP contribution in [0.1, 0.15) is 37.7 Å². The summed E-state index contributed by atoms with van der Waals surface area (Å²) in [5.41, 5.74) is 3.49. The number of aryl methyl sites for hydroxylation is 1. The van der Waals surface area contributed by atoms with Crippen molar-refractivity contribution < 1.29 is 0 Å². The summed E-state index contributed by atoms with van der Waals surface area (Å²) in [6.07, 6.45) is 1.92. The molecule has 1 aliphatic heterocycles. The van der Waals surface area contributed by atoms with Crippen LogP contribution in [-0.2, 0) is 24.0 Å². The van der Waals surface area contributed by atoms with Crippen molar-refractivity contribution in [3.8, 4) is 11.4 Å². The Morgan fingerprint density at radius 3 is 2.80 bits per heavy atom. The molecule has 0 amide bonds.